The predicted octanol–water partition coefficient (Wildman–Crippen LogP) is 5.33. The number of methoxy groups -OCH3 is 1. The fraction of sp³-hybridized carbons (Fsp3) is 0.560. The lowest BCUT2D eigenvalue weighted by Crippen LogP contribution is -2.41. The summed E-state index contributed by atoms with van der Waals surface area (Å²) in [4.78, 5) is 25.7. The van der Waals surface area contributed by atoms with E-state index in [9.17, 15) is 9.59 Å². The van der Waals surface area contributed by atoms with E-state index in [1.54, 1.807) is 12.1 Å². The lowest BCUT2D eigenvalue weighted by atomic mass is 9.91. The molecule has 0 saturated carbocycles. The fourth-order valence-electron chi connectivity index (χ4n) is 3.98. The number of carbonyl (C=O) groups is 2. The molecule has 3 rings (SSSR count). The zero-order valence-electron chi connectivity index (χ0n) is 19.8. The molecule has 1 saturated heterocycles. The van der Waals surface area contributed by atoms with Gasteiger partial charge in [-0.25, -0.2) is 9.59 Å². The summed E-state index contributed by atoms with van der Waals surface area (Å²) >= 11 is 0. The molecule has 1 aromatic carbocycles. The van der Waals surface area contributed by atoms with Crippen molar-refractivity contribution in [1.82, 2.24) is 14.7 Å². The topological polar surface area (TPSA) is 73.7 Å². The molecule has 0 aliphatic carbocycles. The summed E-state index contributed by atoms with van der Waals surface area (Å²) in [6, 6.07) is 7.66. The molecule has 174 valence electrons. The summed E-state index contributed by atoms with van der Waals surface area (Å²) in [5.74, 6) is 0.287. The van der Waals surface area contributed by atoms with Gasteiger partial charge in [-0.05, 0) is 77.0 Å². The Morgan fingerprint density at radius 2 is 1.78 bits per heavy atom. The van der Waals surface area contributed by atoms with Gasteiger partial charge in [0.25, 0.3) is 0 Å². The molecule has 2 aromatic rings. The molecule has 1 aromatic heterocycles. The third kappa shape index (κ3) is 6.34. The Hall–Kier alpha value is -2.83. The number of piperidine rings is 1. The van der Waals surface area contributed by atoms with Gasteiger partial charge in [-0.1, -0.05) is 12.1 Å². The number of amides is 1. The van der Waals surface area contributed by atoms with Crippen LogP contribution in [0.3, 0.4) is 0 Å². The lowest BCUT2D eigenvalue weighted by molar-refractivity contribution is 0.0179. The van der Waals surface area contributed by atoms with Gasteiger partial charge >= 0.3 is 12.1 Å². The van der Waals surface area contributed by atoms with Crippen LogP contribution in [-0.4, -0.2) is 52.5 Å². The number of esters is 1. The highest BCUT2D eigenvalue weighted by Gasteiger charge is 2.27. The van der Waals surface area contributed by atoms with E-state index >= 15 is 0 Å². The van der Waals surface area contributed by atoms with Crippen molar-refractivity contribution in [1.29, 1.82) is 0 Å². The Bertz CT molecular complexity index is 906. The Kier molecular flexibility index (Phi) is 7.59. The molecule has 1 fully saturated rings. The first-order valence-corrected chi connectivity index (χ1v) is 11.4. The van der Waals surface area contributed by atoms with Crippen LogP contribution in [0.25, 0.3) is 11.1 Å². The molecule has 0 spiro atoms. The van der Waals surface area contributed by atoms with Crippen molar-refractivity contribution in [2.75, 3.05) is 20.2 Å². The zero-order valence-corrected chi connectivity index (χ0v) is 19.8. The highest BCUT2D eigenvalue weighted by molar-refractivity contribution is 5.89. The molecule has 1 atom stereocenters. The van der Waals surface area contributed by atoms with E-state index in [4.69, 9.17) is 9.47 Å². The highest BCUT2D eigenvalue weighted by Crippen LogP contribution is 2.27. The number of hydrogen-bond donors (Lipinski definition) is 0. The number of carbonyl (C=O) groups excluding carboxylic acids is 2. The predicted molar refractivity (Wildman–Crippen MR) is 123 cm³/mol. The van der Waals surface area contributed by atoms with Crippen molar-refractivity contribution in [3.8, 4) is 11.1 Å². The van der Waals surface area contributed by atoms with E-state index in [0.29, 0.717) is 17.5 Å². The van der Waals surface area contributed by atoms with Crippen molar-refractivity contribution in [3.05, 3.63) is 42.2 Å². The van der Waals surface area contributed by atoms with Crippen LogP contribution in [0.5, 0.6) is 0 Å². The molecule has 0 bridgehead atoms. The Morgan fingerprint density at radius 1 is 1.12 bits per heavy atom. The summed E-state index contributed by atoms with van der Waals surface area (Å²) in [6.45, 7) is 9.42. The van der Waals surface area contributed by atoms with E-state index in [1.165, 1.54) is 7.11 Å². The van der Waals surface area contributed by atoms with Gasteiger partial charge < -0.3 is 14.4 Å². The quantitative estimate of drug-likeness (QED) is 0.567. The molecule has 1 unspecified atom stereocenters. The molecule has 2 heterocycles. The van der Waals surface area contributed by atoms with Gasteiger partial charge in [0.15, 0.2) is 0 Å². The maximum atomic E-state index is 12.2. The van der Waals surface area contributed by atoms with Crippen LogP contribution in [0.1, 0.15) is 69.8 Å². The maximum Gasteiger partial charge on any atom is 0.410 e. The van der Waals surface area contributed by atoms with Crippen LogP contribution in [0.15, 0.2) is 36.7 Å². The minimum atomic E-state index is -0.449. The van der Waals surface area contributed by atoms with Gasteiger partial charge in [0.2, 0.25) is 0 Å². The van der Waals surface area contributed by atoms with Crippen molar-refractivity contribution < 1.29 is 19.1 Å². The molecular formula is C25H35N3O4. The number of ether oxygens (including phenoxy) is 2. The largest absolute Gasteiger partial charge is 0.465 e. The first-order chi connectivity index (χ1) is 15.2. The molecule has 1 aliphatic heterocycles. The van der Waals surface area contributed by atoms with E-state index < -0.39 is 5.60 Å². The van der Waals surface area contributed by atoms with E-state index in [-0.39, 0.29) is 12.1 Å². The molecule has 0 N–H and O–H groups in total. The number of likely N-dealkylation sites (tertiary alicyclic amines) is 1. The van der Waals surface area contributed by atoms with Gasteiger partial charge in [0.05, 0.1) is 18.9 Å². The van der Waals surface area contributed by atoms with Crippen molar-refractivity contribution in [2.45, 2.75) is 65.0 Å². The highest BCUT2D eigenvalue weighted by atomic mass is 16.6. The van der Waals surface area contributed by atoms with Crippen LogP contribution in [0.2, 0.25) is 0 Å². The number of rotatable bonds is 6. The van der Waals surface area contributed by atoms with Crippen molar-refractivity contribution in [3.63, 3.8) is 0 Å². The Labute approximate surface area is 190 Å². The molecular weight excluding hydrogens is 406 g/mol. The van der Waals surface area contributed by atoms with E-state index in [1.807, 2.05) is 48.7 Å². The number of nitrogens with zero attached hydrogens (tertiary/aromatic N) is 3. The summed E-state index contributed by atoms with van der Waals surface area (Å²) in [5, 5.41) is 4.55. The van der Waals surface area contributed by atoms with Crippen LogP contribution < -0.4 is 0 Å². The van der Waals surface area contributed by atoms with Crippen LogP contribution in [0, 0.1) is 5.92 Å². The van der Waals surface area contributed by atoms with Crippen molar-refractivity contribution in [2.24, 2.45) is 5.92 Å². The first-order valence-electron chi connectivity index (χ1n) is 11.4. The standard InChI is InChI=1S/C25H35N3O4/c1-18(6-7-19-12-14-27(15-13-19)24(30)32-25(2,3)4)28-17-22(16-26-28)20-8-10-21(11-9-20)23(29)31-5/h8-11,16-19H,6-7,12-15H2,1-5H3. The average Bonchev–Trinajstić information content (AvgIpc) is 3.26. The molecule has 0 radical (unpaired) electrons. The monoisotopic (exact) mass is 441 g/mol. The second kappa shape index (κ2) is 10.2. The van der Waals surface area contributed by atoms with Crippen LogP contribution in [-0.2, 0) is 9.47 Å². The van der Waals surface area contributed by atoms with E-state index in [0.717, 1.165) is 49.9 Å². The van der Waals surface area contributed by atoms with Gasteiger partial charge in [-0.2, -0.15) is 5.10 Å². The van der Waals surface area contributed by atoms with Crippen molar-refractivity contribution >= 4 is 12.1 Å². The van der Waals surface area contributed by atoms with Gasteiger partial charge in [-0.15, -0.1) is 0 Å². The first kappa shape index (κ1) is 23.8. The third-order valence-corrected chi connectivity index (χ3v) is 5.95. The second-order valence-electron chi connectivity index (χ2n) is 9.62. The normalized spacial score (nSPS) is 16.0. The SMILES string of the molecule is COC(=O)c1ccc(-c2cnn(C(C)CCC3CCN(C(=O)OC(C)(C)C)CC3)c2)cc1. The number of aromatic nitrogens is 2. The molecule has 7 nitrogen and oxygen atoms in total. The minimum Gasteiger partial charge on any atom is -0.465 e. The van der Waals surface area contributed by atoms with Gasteiger partial charge in [0, 0.05) is 30.9 Å². The molecule has 7 heteroatoms. The van der Waals surface area contributed by atoms with Crippen LogP contribution in [0.4, 0.5) is 4.79 Å². The zero-order chi connectivity index (χ0) is 23.3. The lowest BCUT2D eigenvalue weighted by Gasteiger charge is -2.33. The van der Waals surface area contributed by atoms with Gasteiger partial charge in [0.1, 0.15) is 5.60 Å². The summed E-state index contributed by atoms with van der Waals surface area (Å²) < 4.78 is 12.2. The number of benzene rings is 1. The summed E-state index contributed by atoms with van der Waals surface area (Å²) in [6.07, 6.45) is 7.91. The summed E-state index contributed by atoms with van der Waals surface area (Å²) in [7, 11) is 1.38. The Balaban J connectivity index is 1.47. The average molecular weight is 442 g/mol. The summed E-state index contributed by atoms with van der Waals surface area (Å²) in [5.41, 5.74) is 2.13. The fourth-order valence-corrected chi connectivity index (χ4v) is 3.98. The van der Waals surface area contributed by atoms with Gasteiger partial charge in [-0.3, -0.25) is 4.68 Å². The minimum absolute atomic E-state index is 0.201. The third-order valence-electron chi connectivity index (χ3n) is 5.95. The molecule has 1 amide bonds. The second-order valence-corrected chi connectivity index (χ2v) is 9.62. The maximum absolute atomic E-state index is 12.2. The molecule has 32 heavy (non-hydrogen) atoms. The molecule has 1 aliphatic rings. The van der Waals surface area contributed by atoms with E-state index in [2.05, 4.69) is 18.2 Å². The smallest absolute Gasteiger partial charge is 0.410 e. The Morgan fingerprint density at radius 3 is 2.38 bits per heavy atom. The van der Waals surface area contributed by atoms with Crippen LogP contribution >= 0.6 is 0 Å². The number of hydrogen-bond acceptors (Lipinski definition) is 5.